The number of hydrogen-bond donors (Lipinski definition) is 1. The molecular weight excluding hydrogens is 276 g/mol. The van der Waals surface area contributed by atoms with Crippen LogP contribution >= 0.6 is 11.3 Å². The van der Waals surface area contributed by atoms with Crippen molar-refractivity contribution in [3.63, 3.8) is 0 Å². The molecule has 0 aliphatic heterocycles. The zero-order valence-electron chi connectivity index (χ0n) is 12.9. The van der Waals surface area contributed by atoms with Crippen molar-refractivity contribution in [2.75, 3.05) is 7.05 Å². The average molecular weight is 296 g/mol. The third-order valence-corrected chi connectivity index (χ3v) is 5.16. The Morgan fingerprint density at radius 3 is 2.52 bits per heavy atom. The van der Waals surface area contributed by atoms with Crippen LogP contribution in [0.5, 0.6) is 0 Å². The van der Waals surface area contributed by atoms with E-state index in [4.69, 9.17) is 0 Å². The van der Waals surface area contributed by atoms with E-state index in [-0.39, 0.29) is 6.04 Å². The predicted octanol–water partition coefficient (Wildman–Crippen LogP) is 4.53. The van der Waals surface area contributed by atoms with Gasteiger partial charge in [0.15, 0.2) is 0 Å². The van der Waals surface area contributed by atoms with E-state index in [1.807, 2.05) is 25.3 Å². The molecule has 0 radical (unpaired) electrons. The molecule has 0 saturated carbocycles. The van der Waals surface area contributed by atoms with Crippen molar-refractivity contribution in [1.29, 1.82) is 0 Å². The second-order valence-electron chi connectivity index (χ2n) is 5.51. The highest BCUT2D eigenvalue weighted by Crippen LogP contribution is 2.31. The minimum Gasteiger partial charge on any atom is -0.309 e. The third-order valence-electron chi connectivity index (χ3n) is 3.94. The first-order valence-electron chi connectivity index (χ1n) is 7.20. The summed E-state index contributed by atoms with van der Waals surface area (Å²) in [6, 6.07) is 13.3. The number of benzene rings is 1. The molecule has 0 amide bonds. The topological polar surface area (TPSA) is 24.9 Å². The van der Waals surface area contributed by atoms with E-state index >= 15 is 0 Å². The van der Waals surface area contributed by atoms with Gasteiger partial charge in [-0.05, 0) is 63.2 Å². The van der Waals surface area contributed by atoms with Crippen LogP contribution in [-0.4, -0.2) is 12.0 Å². The smallest absolute Gasteiger partial charge is 0.0705 e. The van der Waals surface area contributed by atoms with Crippen molar-refractivity contribution >= 4 is 22.2 Å². The summed E-state index contributed by atoms with van der Waals surface area (Å²) in [5, 5.41) is 4.64. The number of pyridine rings is 1. The van der Waals surface area contributed by atoms with Gasteiger partial charge in [-0.3, -0.25) is 4.98 Å². The number of hydrogen-bond acceptors (Lipinski definition) is 3. The number of rotatable bonds is 3. The van der Waals surface area contributed by atoms with Gasteiger partial charge in [-0.2, -0.15) is 0 Å². The second kappa shape index (κ2) is 5.58. The summed E-state index contributed by atoms with van der Waals surface area (Å²) in [6.07, 6.45) is 0. The van der Waals surface area contributed by atoms with Crippen LogP contribution in [0.4, 0.5) is 0 Å². The van der Waals surface area contributed by atoms with Crippen LogP contribution in [0.3, 0.4) is 0 Å². The van der Waals surface area contributed by atoms with Gasteiger partial charge < -0.3 is 5.32 Å². The summed E-state index contributed by atoms with van der Waals surface area (Å²) >= 11 is 1.87. The summed E-state index contributed by atoms with van der Waals surface area (Å²) in [5.41, 5.74) is 4.78. The Hall–Kier alpha value is -1.71. The number of fused-ring (bicyclic) bond motifs is 1. The molecule has 3 aromatic rings. The van der Waals surface area contributed by atoms with Gasteiger partial charge in [0, 0.05) is 20.8 Å². The summed E-state index contributed by atoms with van der Waals surface area (Å²) in [7, 11) is 2.02. The van der Waals surface area contributed by atoms with E-state index in [0.29, 0.717) is 0 Å². The van der Waals surface area contributed by atoms with Crippen LogP contribution in [0, 0.1) is 20.8 Å². The first kappa shape index (κ1) is 14.2. The van der Waals surface area contributed by atoms with Gasteiger partial charge in [-0.1, -0.05) is 12.1 Å². The maximum atomic E-state index is 4.58. The Kier molecular flexibility index (Phi) is 3.79. The zero-order valence-corrected chi connectivity index (χ0v) is 13.7. The molecule has 1 unspecified atom stereocenters. The van der Waals surface area contributed by atoms with Gasteiger partial charge in [0.05, 0.1) is 11.6 Å². The monoisotopic (exact) mass is 296 g/mol. The molecule has 3 heteroatoms. The lowest BCUT2D eigenvalue weighted by atomic mass is 10.0. The lowest BCUT2D eigenvalue weighted by Gasteiger charge is -2.15. The fraction of sp³-hybridized carbons (Fsp3) is 0.278. The minimum absolute atomic E-state index is 0.244. The highest BCUT2D eigenvalue weighted by molar-refractivity contribution is 7.12. The first-order chi connectivity index (χ1) is 10.1. The molecule has 2 nitrogen and oxygen atoms in total. The summed E-state index contributed by atoms with van der Waals surface area (Å²) in [4.78, 5) is 7.33. The van der Waals surface area contributed by atoms with Crippen molar-refractivity contribution < 1.29 is 0 Å². The highest BCUT2D eigenvalue weighted by Gasteiger charge is 2.15. The fourth-order valence-electron chi connectivity index (χ4n) is 2.64. The second-order valence-corrected chi connectivity index (χ2v) is 6.80. The Labute approximate surface area is 129 Å². The number of thiophene rings is 1. The van der Waals surface area contributed by atoms with Crippen molar-refractivity contribution in [2.45, 2.75) is 26.8 Å². The van der Waals surface area contributed by atoms with E-state index < -0.39 is 0 Å². The molecule has 1 atom stereocenters. The Balaban J connectivity index is 2.06. The van der Waals surface area contributed by atoms with E-state index in [1.54, 1.807) is 0 Å². The van der Waals surface area contributed by atoms with Crippen LogP contribution in [0.15, 0.2) is 36.4 Å². The molecule has 2 heterocycles. The molecule has 1 N–H and O–H groups in total. The number of nitrogens with zero attached hydrogens (tertiary/aromatic N) is 1. The standard InChI is InChI=1S/C18H20N2S/c1-11-9-17(21-13(11)3)18(19-4)15-7-8-16-14(10-15)6-5-12(2)20-16/h5-10,18-19H,1-4H3. The Bertz CT molecular complexity index is 770. The normalized spacial score (nSPS) is 12.8. The van der Waals surface area contributed by atoms with Gasteiger partial charge in [0.1, 0.15) is 0 Å². The van der Waals surface area contributed by atoms with Gasteiger partial charge in [0.25, 0.3) is 0 Å². The Morgan fingerprint density at radius 1 is 1.05 bits per heavy atom. The Morgan fingerprint density at radius 2 is 1.86 bits per heavy atom. The largest absolute Gasteiger partial charge is 0.309 e. The molecule has 21 heavy (non-hydrogen) atoms. The molecule has 0 spiro atoms. The zero-order chi connectivity index (χ0) is 15.0. The molecule has 0 bridgehead atoms. The van der Waals surface area contributed by atoms with Crippen molar-refractivity contribution in [3.8, 4) is 0 Å². The van der Waals surface area contributed by atoms with Crippen molar-refractivity contribution in [1.82, 2.24) is 10.3 Å². The average Bonchev–Trinajstić information content (AvgIpc) is 2.79. The third kappa shape index (κ3) is 2.71. The van der Waals surface area contributed by atoms with Gasteiger partial charge in [0.2, 0.25) is 0 Å². The summed E-state index contributed by atoms with van der Waals surface area (Å²) in [6.45, 7) is 6.39. The summed E-state index contributed by atoms with van der Waals surface area (Å²) < 4.78 is 0. The summed E-state index contributed by atoms with van der Waals surface area (Å²) in [5.74, 6) is 0. The highest BCUT2D eigenvalue weighted by atomic mass is 32.1. The van der Waals surface area contributed by atoms with Crippen LogP contribution in [0.2, 0.25) is 0 Å². The molecule has 2 aromatic heterocycles. The van der Waals surface area contributed by atoms with Gasteiger partial charge in [-0.25, -0.2) is 0 Å². The minimum atomic E-state index is 0.244. The van der Waals surface area contributed by atoms with Crippen LogP contribution in [-0.2, 0) is 0 Å². The molecule has 0 aliphatic carbocycles. The number of aryl methyl sites for hydroxylation is 3. The van der Waals surface area contributed by atoms with Crippen molar-refractivity contribution in [3.05, 3.63) is 63.0 Å². The molecule has 0 saturated heterocycles. The van der Waals surface area contributed by atoms with Crippen LogP contribution in [0.25, 0.3) is 10.9 Å². The number of nitrogens with one attached hydrogen (secondary N) is 1. The van der Waals surface area contributed by atoms with E-state index in [1.165, 1.54) is 26.3 Å². The SMILES string of the molecule is CNC(c1ccc2nc(C)ccc2c1)c1cc(C)c(C)s1. The van der Waals surface area contributed by atoms with Gasteiger partial charge in [-0.15, -0.1) is 11.3 Å². The molecular formula is C18H20N2S. The van der Waals surface area contributed by atoms with Crippen LogP contribution < -0.4 is 5.32 Å². The van der Waals surface area contributed by atoms with E-state index in [9.17, 15) is 0 Å². The molecule has 0 fully saturated rings. The molecule has 1 aromatic carbocycles. The maximum absolute atomic E-state index is 4.58. The first-order valence-corrected chi connectivity index (χ1v) is 8.01. The van der Waals surface area contributed by atoms with Crippen molar-refractivity contribution in [2.24, 2.45) is 0 Å². The lowest BCUT2D eigenvalue weighted by Crippen LogP contribution is -2.16. The van der Waals surface area contributed by atoms with E-state index in [2.05, 4.69) is 60.5 Å². The molecule has 0 aliphatic rings. The lowest BCUT2D eigenvalue weighted by molar-refractivity contribution is 0.704. The van der Waals surface area contributed by atoms with E-state index in [0.717, 1.165) is 11.2 Å². The number of aromatic nitrogens is 1. The maximum Gasteiger partial charge on any atom is 0.0705 e. The van der Waals surface area contributed by atoms with Gasteiger partial charge >= 0.3 is 0 Å². The quantitative estimate of drug-likeness (QED) is 0.768. The fourth-order valence-corrected chi connectivity index (χ4v) is 3.82. The molecule has 3 rings (SSSR count). The molecule has 108 valence electrons. The predicted molar refractivity (Wildman–Crippen MR) is 91.2 cm³/mol. The van der Waals surface area contributed by atoms with Crippen LogP contribution in [0.1, 0.15) is 32.6 Å².